The van der Waals surface area contributed by atoms with Crippen molar-refractivity contribution in [2.75, 3.05) is 19.0 Å². The number of phenolic OH excluding ortho intramolecular Hbond substituents is 1. The standard InChI is InChI=1S/C21H19N5OS/c1-25(2)16-10-7-15(8-11-16)20-23-24-21(28)26(20)22-13-18-17-6-4-3-5-14(17)9-12-19(18)27/h3-13,27H,1-2H3,(H,24,28)/b22-13+. The lowest BCUT2D eigenvalue weighted by molar-refractivity contribution is 0.475. The first kappa shape index (κ1) is 17.9. The minimum absolute atomic E-state index is 0.161. The number of benzene rings is 3. The van der Waals surface area contributed by atoms with Crippen molar-refractivity contribution < 1.29 is 5.11 Å². The Kier molecular flexibility index (Phi) is 4.67. The van der Waals surface area contributed by atoms with Gasteiger partial charge >= 0.3 is 0 Å². The number of fused-ring (bicyclic) bond motifs is 1. The number of nitrogens with one attached hydrogen (secondary N) is 1. The average Bonchev–Trinajstić information content (AvgIpc) is 3.08. The molecule has 4 aromatic rings. The molecule has 0 spiro atoms. The smallest absolute Gasteiger partial charge is 0.216 e. The third kappa shape index (κ3) is 3.27. The molecule has 0 bridgehead atoms. The van der Waals surface area contributed by atoms with Crippen LogP contribution in [-0.4, -0.2) is 40.3 Å². The SMILES string of the molecule is CN(C)c1ccc(-c2n[nH]c(=S)n2/N=C/c2c(O)ccc3ccccc23)cc1. The van der Waals surface area contributed by atoms with Crippen molar-refractivity contribution in [2.24, 2.45) is 5.10 Å². The number of anilines is 1. The van der Waals surface area contributed by atoms with E-state index in [2.05, 4.69) is 15.3 Å². The average molecular weight is 389 g/mol. The molecule has 0 unspecified atom stereocenters. The molecule has 1 aromatic heterocycles. The second kappa shape index (κ2) is 7.28. The van der Waals surface area contributed by atoms with Crippen LogP contribution in [0.15, 0.2) is 65.8 Å². The van der Waals surface area contributed by atoms with Crippen molar-refractivity contribution in [2.45, 2.75) is 0 Å². The Labute approximate surface area is 167 Å². The van der Waals surface area contributed by atoms with Crippen LogP contribution in [0.3, 0.4) is 0 Å². The lowest BCUT2D eigenvalue weighted by Crippen LogP contribution is -2.08. The van der Waals surface area contributed by atoms with E-state index < -0.39 is 0 Å². The number of hydrogen-bond donors (Lipinski definition) is 2. The molecule has 0 aliphatic rings. The van der Waals surface area contributed by atoms with Crippen molar-refractivity contribution in [1.82, 2.24) is 14.9 Å². The van der Waals surface area contributed by atoms with Crippen LogP contribution >= 0.6 is 12.2 Å². The number of nitrogens with zero attached hydrogens (tertiary/aromatic N) is 4. The van der Waals surface area contributed by atoms with Crippen molar-refractivity contribution in [3.8, 4) is 17.1 Å². The lowest BCUT2D eigenvalue weighted by Gasteiger charge is -2.12. The monoisotopic (exact) mass is 389 g/mol. The molecular weight excluding hydrogens is 370 g/mol. The summed E-state index contributed by atoms with van der Waals surface area (Å²) in [6.07, 6.45) is 1.61. The van der Waals surface area contributed by atoms with E-state index in [9.17, 15) is 5.11 Å². The Morgan fingerprint density at radius 3 is 2.57 bits per heavy atom. The number of hydrogen-bond acceptors (Lipinski definition) is 5. The minimum Gasteiger partial charge on any atom is -0.507 e. The summed E-state index contributed by atoms with van der Waals surface area (Å²) in [4.78, 5) is 2.03. The summed E-state index contributed by atoms with van der Waals surface area (Å²) in [5.41, 5.74) is 2.61. The Balaban J connectivity index is 1.77. The first-order chi connectivity index (χ1) is 13.5. The summed E-state index contributed by atoms with van der Waals surface area (Å²) >= 11 is 5.34. The molecule has 0 radical (unpaired) electrons. The van der Waals surface area contributed by atoms with Gasteiger partial charge in [0.05, 0.1) is 6.21 Å². The number of H-pyrrole nitrogens is 1. The minimum atomic E-state index is 0.161. The van der Waals surface area contributed by atoms with Crippen molar-refractivity contribution in [3.63, 3.8) is 0 Å². The van der Waals surface area contributed by atoms with Gasteiger partial charge in [-0.3, -0.25) is 0 Å². The number of aromatic nitrogens is 3. The quantitative estimate of drug-likeness (QED) is 0.401. The maximum Gasteiger partial charge on any atom is 0.216 e. The molecule has 0 aliphatic carbocycles. The predicted octanol–water partition coefficient (Wildman–Crippen LogP) is 4.41. The van der Waals surface area contributed by atoms with Gasteiger partial charge in [0.25, 0.3) is 0 Å². The van der Waals surface area contributed by atoms with E-state index in [4.69, 9.17) is 12.2 Å². The lowest BCUT2D eigenvalue weighted by atomic mass is 10.0. The van der Waals surface area contributed by atoms with Crippen LogP contribution in [0.4, 0.5) is 5.69 Å². The highest BCUT2D eigenvalue weighted by molar-refractivity contribution is 7.71. The highest BCUT2D eigenvalue weighted by Gasteiger charge is 2.10. The van der Waals surface area contributed by atoms with E-state index in [1.54, 1.807) is 17.0 Å². The second-order valence-corrected chi connectivity index (χ2v) is 6.96. The summed E-state index contributed by atoms with van der Waals surface area (Å²) in [6, 6.07) is 19.3. The normalized spacial score (nSPS) is 11.4. The van der Waals surface area contributed by atoms with E-state index in [1.165, 1.54) is 0 Å². The maximum atomic E-state index is 10.3. The summed E-state index contributed by atoms with van der Waals surface area (Å²) in [5.74, 6) is 0.764. The van der Waals surface area contributed by atoms with E-state index in [1.807, 2.05) is 73.6 Å². The Morgan fingerprint density at radius 1 is 1.07 bits per heavy atom. The van der Waals surface area contributed by atoms with Gasteiger partial charge in [-0.25, -0.2) is 5.10 Å². The highest BCUT2D eigenvalue weighted by atomic mass is 32.1. The summed E-state index contributed by atoms with van der Waals surface area (Å²) in [5, 5.41) is 23.9. The zero-order valence-corrected chi connectivity index (χ0v) is 16.3. The van der Waals surface area contributed by atoms with Crippen LogP contribution < -0.4 is 4.90 Å². The molecular formula is C21H19N5OS. The van der Waals surface area contributed by atoms with Gasteiger partial charge in [-0.2, -0.15) is 14.9 Å². The molecule has 0 amide bonds. The van der Waals surface area contributed by atoms with Gasteiger partial charge in [-0.05, 0) is 53.3 Å². The van der Waals surface area contributed by atoms with Crippen molar-refractivity contribution in [1.29, 1.82) is 0 Å². The highest BCUT2D eigenvalue weighted by Crippen LogP contribution is 2.26. The van der Waals surface area contributed by atoms with Gasteiger partial charge in [0.1, 0.15) is 5.75 Å². The summed E-state index contributed by atoms with van der Waals surface area (Å²) < 4.78 is 1.93. The molecule has 3 aromatic carbocycles. The first-order valence-electron chi connectivity index (χ1n) is 8.75. The van der Waals surface area contributed by atoms with Crippen LogP contribution in [0.25, 0.3) is 22.2 Å². The third-order valence-electron chi connectivity index (χ3n) is 4.54. The van der Waals surface area contributed by atoms with Crippen molar-refractivity contribution >= 4 is 34.9 Å². The number of aromatic amines is 1. The fourth-order valence-corrected chi connectivity index (χ4v) is 3.21. The molecule has 0 saturated heterocycles. The zero-order chi connectivity index (χ0) is 19.7. The van der Waals surface area contributed by atoms with E-state index >= 15 is 0 Å². The number of aromatic hydroxyl groups is 1. The summed E-state index contributed by atoms with van der Waals surface area (Å²) in [6.45, 7) is 0. The molecule has 0 aliphatic heterocycles. The Morgan fingerprint density at radius 2 is 1.82 bits per heavy atom. The molecule has 0 saturated carbocycles. The second-order valence-electron chi connectivity index (χ2n) is 6.57. The topological polar surface area (TPSA) is 69.4 Å². The molecule has 1 heterocycles. The van der Waals surface area contributed by atoms with Gasteiger partial charge in [-0.1, -0.05) is 30.3 Å². The van der Waals surface area contributed by atoms with Gasteiger partial charge in [0.15, 0.2) is 5.82 Å². The maximum absolute atomic E-state index is 10.3. The van der Waals surface area contributed by atoms with Crippen molar-refractivity contribution in [3.05, 3.63) is 71.0 Å². The molecule has 4 rings (SSSR count). The van der Waals surface area contributed by atoms with Gasteiger partial charge in [-0.15, -0.1) is 0 Å². The molecule has 7 heteroatoms. The van der Waals surface area contributed by atoms with Crippen LogP contribution in [0.5, 0.6) is 5.75 Å². The summed E-state index contributed by atoms with van der Waals surface area (Å²) in [7, 11) is 3.98. The molecule has 28 heavy (non-hydrogen) atoms. The van der Waals surface area contributed by atoms with Gasteiger partial charge < -0.3 is 10.0 Å². The molecule has 6 nitrogen and oxygen atoms in total. The fraction of sp³-hybridized carbons (Fsp3) is 0.0952. The molecule has 140 valence electrons. The van der Waals surface area contributed by atoms with E-state index in [-0.39, 0.29) is 5.75 Å². The van der Waals surface area contributed by atoms with Crippen LogP contribution in [0.2, 0.25) is 0 Å². The van der Waals surface area contributed by atoms with E-state index in [0.717, 1.165) is 22.0 Å². The molecule has 0 atom stereocenters. The zero-order valence-electron chi connectivity index (χ0n) is 15.5. The van der Waals surface area contributed by atoms with Crippen LogP contribution in [-0.2, 0) is 0 Å². The fourth-order valence-electron chi connectivity index (χ4n) is 3.03. The third-order valence-corrected chi connectivity index (χ3v) is 4.81. The molecule has 0 fully saturated rings. The number of rotatable bonds is 4. The predicted molar refractivity (Wildman–Crippen MR) is 116 cm³/mol. The molecule has 2 N–H and O–H groups in total. The van der Waals surface area contributed by atoms with Gasteiger partial charge in [0, 0.05) is 30.9 Å². The van der Waals surface area contributed by atoms with Gasteiger partial charge in [0.2, 0.25) is 4.77 Å². The largest absolute Gasteiger partial charge is 0.507 e. The van der Waals surface area contributed by atoms with E-state index in [0.29, 0.717) is 16.2 Å². The Bertz CT molecular complexity index is 1220. The van der Waals surface area contributed by atoms with Crippen LogP contribution in [0.1, 0.15) is 5.56 Å². The first-order valence-corrected chi connectivity index (χ1v) is 9.15. The Hall–Kier alpha value is -3.45. The number of phenols is 1. The van der Waals surface area contributed by atoms with Crippen LogP contribution in [0, 0.1) is 4.77 Å².